The van der Waals surface area contributed by atoms with E-state index in [0.717, 1.165) is 36.4 Å². The summed E-state index contributed by atoms with van der Waals surface area (Å²) in [6, 6.07) is 21.8. The van der Waals surface area contributed by atoms with Gasteiger partial charge in [0.05, 0.1) is 19.3 Å². The number of Topliss-reactive ketones (excluding diaryl/α,β-unsaturated/α-hetero) is 1. The van der Waals surface area contributed by atoms with Crippen molar-refractivity contribution in [3.05, 3.63) is 93.5 Å². The summed E-state index contributed by atoms with van der Waals surface area (Å²) in [6.07, 6.45) is 0.253. The number of nitrogens with one attached hydrogen (secondary N) is 1. The quantitative estimate of drug-likeness (QED) is 0.240. The maximum absolute atomic E-state index is 11.8. The van der Waals surface area contributed by atoms with E-state index in [1.54, 1.807) is 13.2 Å². The summed E-state index contributed by atoms with van der Waals surface area (Å²) in [7, 11) is 5.80. The molecular formula is C33H40Cl2N2O4. The molecule has 0 amide bonds. The van der Waals surface area contributed by atoms with Gasteiger partial charge in [0.1, 0.15) is 18.1 Å². The molecule has 8 heteroatoms. The molecule has 0 aromatic heterocycles. The number of hydrogen-bond donors (Lipinski definition) is 1. The first-order chi connectivity index (χ1) is 19.7. The number of ether oxygens (including phenoxy) is 3. The molecule has 1 aliphatic heterocycles. The van der Waals surface area contributed by atoms with Crippen LogP contribution >= 0.6 is 23.2 Å². The minimum Gasteiger partial charge on any atom is -0.497 e. The second-order valence-electron chi connectivity index (χ2n) is 11.0. The van der Waals surface area contributed by atoms with Crippen molar-refractivity contribution < 1.29 is 19.0 Å². The summed E-state index contributed by atoms with van der Waals surface area (Å²) in [4.78, 5) is 14.0. The van der Waals surface area contributed by atoms with Crippen LogP contribution in [0.3, 0.4) is 0 Å². The van der Waals surface area contributed by atoms with E-state index in [4.69, 9.17) is 37.4 Å². The smallest absolute Gasteiger partial charge is 0.167 e. The van der Waals surface area contributed by atoms with Gasteiger partial charge in [-0.05, 0) is 88.0 Å². The normalized spacial score (nSPS) is 21.5. The minimum absolute atomic E-state index is 0.0159. The summed E-state index contributed by atoms with van der Waals surface area (Å²) in [5.74, 6) is 1.49. The maximum atomic E-state index is 11.8. The van der Waals surface area contributed by atoms with E-state index in [1.165, 1.54) is 12.5 Å². The van der Waals surface area contributed by atoms with Crippen molar-refractivity contribution in [2.45, 2.75) is 44.4 Å². The molecule has 1 saturated heterocycles. The molecule has 5 atom stereocenters. The Morgan fingerprint density at radius 2 is 1.66 bits per heavy atom. The largest absolute Gasteiger partial charge is 0.497 e. The van der Waals surface area contributed by atoms with Gasteiger partial charge in [-0.1, -0.05) is 47.5 Å². The monoisotopic (exact) mass is 598 g/mol. The van der Waals surface area contributed by atoms with Crippen LogP contribution in [0.25, 0.3) is 0 Å². The Balaban J connectivity index is 1.79. The molecule has 3 aromatic rings. The number of carbonyl (C=O) groups excluding carboxylic acids is 1. The first kappa shape index (κ1) is 31.3. The van der Waals surface area contributed by atoms with Crippen LogP contribution in [0.1, 0.15) is 55.1 Å². The molecule has 0 spiro atoms. The van der Waals surface area contributed by atoms with Gasteiger partial charge in [-0.3, -0.25) is 4.79 Å². The molecule has 4 rings (SSSR count). The molecule has 0 saturated carbocycles. The Morgan fingerprint density at radius 1 is 1.00 bits per heavy atom. The predicted molar refractivity (Wildman–Crippen MR) is 166 cm³/mol. The molecule has 220 valence electrons. The molecule has 1 heterocycles. The number of carbonyl (C=O) groups is 1. The number of ketones is 1. The fourth-order valence-electron chi connectivity index (χ4n) is 5.51. The third-order valence-corrected chi connectivity index (χ3v) is 8.18. The second-order valence-corrected chi connectivity index (χ2v) is 11.9. The molecule has 0 bridgehead atoms. The van der Waals surface area contributed by atoms with Crippen molar-refractivity contribution >= 4 is 29.0 Å². The lowest BCUT2D eigenvalue weighted by molar-refractivity contribution is -0.119. The van der Waals surface area contributed by atoms with Gasteiger partial charge in [0.2, 0.25) is 0 Å². The fraction of sp³-hybridized carbons (Fsp3) is 0.424. The van der Waals surface area contributed by atoms with E-state index in [-0.39, 0.29) is 42.5 Å². The molecule has 1 aliphatic rings. The second kappa shape index (κ2) is 14.5. The topological polar surface area (TPSA) is 60.0 Å². The zero-order valence-electron chi connectivity index (χ0n) is 24.4. The van der Waals surface area contributed by atoms with Gasteiger partial charge in [0.15, 0.2) is 5.78 Å². The first-order valence-electron chi connectivity index (χ1n) is 14.0. The summed E-state index contributed by atoms with van der Waals surface area (Å²) in [5.41, 5.74) is 3.06. The molecule has 3 aromatic carbocycles. The highest BCUT2D eigenvalue weighted by atomic mass is 35.5. The molecule has 6 nitrogen and oxygen atoms in total. The Labute approximate surface area is 253 Å². The predicted octanol–water partition coefficient (Wildman–Crippen LogP) is 7.11. The van der Waals surface area contributed by atoms with Gasteiger partial charge in [-0.25, -0.2) is 0 Å². The van der Waals surface area contributed by atoms with Crippen molar-refractivity contribution in [2.75, 3.05) is 40.9 Å². The van der Waals surface area contributed by atoms with Crippen molar-refractivity contribution in [1.82, 2.24) is 10.2 Å². The van der Waals surface area contributed by atoms with Crippen LogP contribution in [0.5, 0.6) is 11.5 Å². The summed E-state index contributed by atoms with van der Waals surface area (Å²) < 4.78 is 18.6. The standard InChI is InChI=1S/C33H40Cl2N2O4/c1-21(38)20-40-31-15-12-26(35)18-30(31)33-28(22(2)36-16-17-37(3)4)19-29(23-6-10-25(34)11-7-23)32(41-33)24-8-13-27(39-5)14-9-24/h6-15,18,22,28-29,32-33,36H,16-17,19-20H2,1-5H3/t22-,28-,29-,32+,33+/m0/s1. The lowest BCUT2D eigenvalue weighted by Crippen LogP contribution is -2.44. The number of hydrogen-bond acceptors (Lipinski definition) is 6. The molecule has 0 aliphatic carbocycles. The Kier molecular flexibility index (Phi) is 11.1. The highest BCUT2D eigenvalue weighted by Crippen LogP contribution is 2.52. The SMILES string of the molecule is COc1ccc([C@H]2O[C@@H](c3cc(Cl)ccc3OCC(C)=O)[C@H]([C@H](C)NCCN(C)C)C[C@H]2c2ccc(Cl)cc2)cc1. The fourth-order valence-corrected chi connectivity index (χ4v) is 5.82. The summed E-state index contributed by atoms with van der Waals surface area (Å²) >= 11 is 12.8. The van der Waals surface area contributed by atoms with E-state index in [2.05, 4.69) is 55.5 Å². The molecule has 1 N–H and O–H groups in total. The van der Waals surface area contributed by atoms with Crippen LogP contribution in [0.15, 0.2) is 66.7 Å². The first-order valence-corrected chi connectivity index (χ1v) is 14.8. The highest BCUT2D eigenvalue weighted by molar-refractivity contribution is 6.30. The third kappa shape index (κ3) is 8.24. The number of methoxy groups -OCH3 is 1. The number of halogens is 2. The lowest BCUT2D eigenvalue weighted by atomic mass is 9.73. The highest BCUT2D eigenvalue weighted by Gasteiger charge is 2.43. The molecule has 0 radical (unpaired) electrons. The van der Waals surface area contributed by atoms with Crippen LogP contribution in [0.4, 0.5) is 0 Å². The molecular weight excluding hydrogens is 559 g/mol. The van der Waals surface area contributed by atoms with Gasteiger partial charge in [-0.15, -0.1) is 0 Å². The van der Waals surface area contributed by atoms with Crippen molar-refractivity contribution in [3.8, 4) is 11.5 Å². The number of rotatable bonds is 12. The van der Waals surface area contributed by atoms with Crippen LogP contribution in [0.2, 0.25) is 10.0 Å². The van der Waals surface area contributed by atoms with Gasteiger partial charge < -0.3 is 24.4 Å². The summed E-state index contributed by atoms with van der Waals surface area (Å²) in [5, 5.41) is 5.02. The van der Waals surface area contributed by atoms with Crippen LogP contribution in [0, 0.1) is 5.92 Å². The van der Waals surface area contributed by atoms with E-state index < -0.39 is 0 Å². The zero-order chi connectivity index (χ0) is 29.5. The van der Waals surface area contributed by atoms with E-state index >= 15 is 0 Å². The van der Waals surface area contributed by atoms with Crippen LogP contribution < -0.4 is 14.8 Å². The number of benzene rings is 3. The maximum Gasteiger partial charge on any atom is 0.167 e. The van der Waals surface area contributed by atoms with Crippen molar-refractivity contribution in [2.24, 2.45) is 5.92 Å². The average Bonchev–Trinajstić information content (AvgIpc) is 2.96. The Hall–Kier alpha value is -2.61. The molecule has 41 heavy (non-hydrogen) atoms. The van der Waals surface area contributed by atoms with Gasteiger partial charge in [0, 0.05) is 46.6 Å². The van der Waals surface area contributed by atoms with E-state index in [1.807, 2.05) is 36.4 Å². The Morgan fingerprint density at radius 3 is 2.29 bits per heavy atom. The van der Waals surface area contributed by atoms with Crippen LogP contribution in [-0.2, 0) is 9.53 Å². The Bertz CT molecular complexity index is 1280. The van der Waals surface area contributed by atoms with Gasteiger partial charge >= 0.3 is 0 Å². The van der Waals surface area contributed by atoms with E-state index in [0.29, 0.717) is 15.8 Å². The zero-order valence-corrected chi connectivity index (χ0v) is 25.9. The average molecular weight is 600 g/mol. The van der Waals surface area contributed by atoms with Crippen molar-refractivity contribution in [3.63, 3.8) is 0 Å². The third-order valence-electron chi connectivity index (χ3n) is 7.69. The van der Waals surface area contributed by atoms with Gasteiger partial charge in [0.25, 0.3) is 0 Å². The van der Waals surface area contributed by atoms with E-state index in [9.17, 15) is 4.79 Å². The molecule has 1 fully saturated rings. The lowest BCUT2D eigenvalue weighted by Gasteiger charge is -2.45. The van der Waals surface area contributed by atoms with Crippen LogP contribution in [-0.4, -0.2) is 57.6 Å². The molecule has 0 unspecified atom stereocenters. The summed E-state index contributed by atoms with van der Waals surface area (Å²) in [6.45, 7) is 5.47. The number of likely N-dealkylation sites (N-methyl/N-ethyl adjacent to an activating group) is 1. The van der Waals surface area contributed by atoms with Gasteiger partial charge in [-0.2, -0.15) is 0 Å². The number of nitrogens with zero attached hydrogens (tertiary/aromatic N) is 1. The minimum atomic E-state index is -0.340. The van der Waals surface area contributed by atoms with Crippen molar-refractivity contribution in [1.29, 1.82) is 0 Å².